The maximum absolute atomic E-state index is 14.1. The number of nitrogens with zero attached hydrogens (tertiary/aromatic N) is 2. The summed E-state index contributed by atoms with van der Waals surface area (Å²) in [6.07, 6.45) is 3.16. The van der Waals surface area contributed by atoms with Gasteiger partial charge in [-0.2, -0.15) is 5.10 Å². The van der Waals surface area contributed by atoms with Crippen molar-refractivity contribution >= 4 is 0 Å². The Bertz CT molecular complexity index is 568. The van der Waals surface area contributed by atoms with Gasteiger partial charge in [-0.25, -0.2) is 13.5 Å². The predicted octanol–water partition coefficient (Wildman–Crippen LogP) is 3.20. The molecule has 0 amide bonds. The second kappa shape index (κ2) is 6.13. The first-order valence-corrected chi connectivity index (χ1v) is 6.67. The van der Waals surface area contributed by atoms with E-state index in [4.69, 9.17) is 0 Å². The maximum atomic E-state index is 14.1. The molecule has 3 nitrogen and oxygen atoms in total. The van der Waals surface area contributed by atoms with Crippen molar-refractivity contribution in [2.75, 3.05) is 6.54 Å². The molecule has 0 spiro atoms. The quantitative estimate of drug-likeness (QED) is 0.911. The highest BCUT2D eigenvalue weighted by atomic mass is 19.1. The minimum atomic E-state index is -0.602. The average molecular weight is 279 g/mol. The van der Waals surface area contributed by atoms with Gasteiger partial charge in [-0.1, -0.05) is 13.8 Å². The Morgan fingerprint density at radius 2 is 1.90 bits per heavy atom. The summed E-state index contributed by atoms with van der Waals surface area (Å²) in [5.74, 6) is -0.708. The number of benzene rings is 1. The van der Waals surface area contributed by atoms with Gasteiger partial charge < -0.3 is 5.32 Å². The van der Waals surface area contributed by atoms with Crippen LogP contribution in [-0.2, 0) is 6.54 Å². The fraction of sp³-hybridized carbons (Fsp3) is 0.400. The molecular formula is C15H19F2N3. The smallest absolute Gasteiger partial charge is 0.152 e. The SMILES string of the molecule is Cc1cnn(-c2c(F)cc(CNCC(C)C)cc2F)c1. The van der Waals surface area contributed by atoms with Gasteiger partial charge in [0.25, 0.3) is 0 Å². The third kappa shape index (κ3) is 3.42. The van der Waals surface area contributed by atoms with E-state index in [1.807, 2.05) is 6.92 Å². The minimum absolute atomic E-state index is 0.134. The molecule has 0 saturated heterocycles. The predicted molar refractivity (Wildman–Crippen MR) is 74.8 cm³/mol. The topological polar surface area (TPSA) is 29.9 Å². The fourth-order valence-corrected chi connectivity index (χ4v) is 1.98. The van der Waals surface area contributed by atoms with Gasteiger partial charge >= 0.3 is 0 Å². The second-order valence-electron chi connectivity index (χ2n) is 5.40. The first kappa shape index (κ1) is 14.7. The van der Waals surface area contributed by atoms with Crippen molar-refractivity contribution in [2.24, 2.45) is 5.92 Å². The molecular weight excluding hydrogens is 260 g/mol. The van der Waals surface area contributed by atoms with Crippen LogP contribution in [0.15, 0.2) is 24.5 Å². The summed E-state index contributed by atoms with van der Waals surface area (Å²) in [6, 6.07) is 2.70. The van der Waals surface area contributed by atoms with Gasteiger partial charge in [0, 0.05) is 12.7 Å². The lowest BCUT2D eigenvalue weighted by Crippen LogP contribution is -2.19. The van der Waals surface area contributed by atoms with Gasteiger partial charge in [0.05, 0.1) is 6.20 Å². The first-order chi connectivity index (χ1) is 9.47. The van der Waals surface area contributed by atoms with Crippen LogP contribution in [0.5, 0.6) is 0 Å². The number of hydrogen-bond acceptors (Lipinski definition) is 2. The molecule has 1 aromatic carbocycles. The molecule has 0 radical (unpaired) electrons. The van der Waals surface area contributed by atoms with Crippen LogP contribution in [0.2, 0.25) is 0 Å². The van der Waals surface area contributed by atoms with Crippen molar-refractivity contribution < 1.29 is 8.78 Å². The van der Waals surface area contributed by atoms with Crippen LogP contribution in [0.25, 0.3) is 5.69 Å². The lowest BCUT2D eigenvalue weighted by molar-refractivity contribution is 0.537. The van der Waals surface area contributed by atoms with E-state index >= 15 is 0 Å². The van der Waals surface area contributed by atoms with E-state index in [0.717, 1.165) is 12.1 Å². The number of nitrogens with one attached hydrogen (secondary N) is 1. The number of aryl methyl sites for hydroxylation is 1. The van der Waals surface area contributed by atoms with Crippen molar-refractivity contribution in [1.29, 1.82) is 0 Å². The summed E-state index contributed by atoms with van der Waals surface area (Å²) < 4.78 is 29.4. The summed E-state index contributed by atoms with van der Waals surface area (Å²) in [4.78, 5) is 0. The standard InChI is InChI=1S/C15H19F2N3/c1-10(2)6-18-8-12-4-13(16)15(14(17)5-12)20-9-11(3)7-19-20/h4-5,7,9-10,18H,6,8H2,1-3H3. The van der Waals surface area contributed by atoms with E-state index in [2.05, 4.69) is 24.3 Å². The third-order valence-corrected chi connectivity index (χ3v) is 2.90. The van der Waals surface area contributed by atoms with Gasteiger partial charge in [0.1, 0.15) is 5.69 Å². The number of aromatic nitrogens is 2. The Hall–Kier alpha value is -1.75. The van der Waals surface area contributed by atoms with E-state index in [0.29, 0.717) is 18.0 Å². The number of rotatable bonds is 5. The van der Waals surface area contributed by atoms with Crippen LogP contribution in [0, 0.1) is 24.5 Å². The van der Waals surface area contributed by atoms with Crippen LogP contribution >= 0.6 is 0 Å². The molecule has 0 bridgehead atoms. The van der Waals surface area contributed by atoms with Crippen molar-refractivity contribution in [2.45, 2.75) is 27.3 Å². The molecule has 1 aromatic heterocycles. The van der Waals surface area contributed by atoms with E-state index in [-0.39, 0.29) is 5.69 Å². The van der Waals surface area contributed by atoms with Crippen molar-refractivity contribution in [3.8, 4) is 5.69 Å². The Morgan fingerprint density at radius 1 is 1.25 bits per heavy atom. The summed E-state index contributed by atoms with van der Waals surface area (Å²) in [5.41, 5.74) is 1.31. The molecule has 0 aliphatic heterocycles. The number of hydrogen-bond donors (Lipinski definition) is 1. The molecule has 0 aliphatic rings. The monoisotopic (exact) mass is 279 g/mol. The third-order valence-electron chi connectivity index (χ3n) is 2.90. The largest absolute Gasteiger partial charge is 0.312 e. The molecule has 0 unspecified atom stereocenters. The second-order valence-corrected chi connectivity index (χ2v) is 5.40. The van der Waals surface area contributed by atoms with Gasteiger partial charge in [-0.3, -0.25) is 0 Å². The molecule has 108 valence electrons. The van der Waals surface area contributed by atoms with Gasteiger partial charge in [-0.15, -0.1) is 0 Å². The summed E-state index contributed by atoms with van der Waals surface area (Å²) in [5, 5.41) is 7.11. The van der Waals surface area contributed by atoms with Crippen LogP contribution in [0.3, 0.4) is 0 Å². The van der Waals surface area contributed by atoms with Crippen LogP contribution in [0.1, 0.15) is 25.0 Å². The molecule has 20 heavy (non-hydrogen) atoms. The normalized spacial score (nSPS) is 11.3. The lowest BCUT2D eigenvalue weighted by atomic mass is 10.1. The Labute approximate surface area is 117 Å². The van der Waals surface area contributed by atoms with Gasteiger partial charge in [0.2, 0.25) is 0 Å². The highest BCUT2D eigenvalue weighted by Gasteiger charge is 2.14. The molecule has 0 saturated carbocycles. The Kier molecular flexibility index (Phi) is 4.49. The zero-order chi connectivity index (χ0) is 14.7. The van der Waals surface area contributed by atoms with Crippen LogP contribution < -0.4 is 5.32 Å². The molecule has 0 fully saturated rings. The highest BCUT2D eigenvalue weighted by molar-refractivity contribution is 5.38. The van der Waals surface area contributed by atoms with E-state index in [1.54, 1.807) is 12.4 Å². The van der Waals surface area contributed by atoms with Crippen molar-refractivity contribution in [3.05, 3.63) is 47.3 Å². The lowest BCUT2D eigenvalue weighted by Gasteiger charge is -2.10. The van der Waals surface area contributed by atoms with E-state index < -0.39 is 11.6 Å². The van der Waals surface area contributed by atoms with Gasteiger partial charge in [0.15, 0.2) is 11.6 Å². The molecule has 2 rings (SSSR count). The zero-order valence-electron chi connectivity index (χ0n) is 12.0. The minimum Gasteiger partial charge on any atom is -0.312 e. The molecule has 0 aliphatic carbocycles. The maximum Gasteiger partial charge on any atom is 0.152 e. The van der Waals surface area contributed by atoms with Crippen LogP contribution in [0.4, 0.5) is 8.78 Å². The molecule has 0 atom stereocenters. The molecule has 1 heterocycles. The first-order valence-electron chi connectivity index (χ1n) is 6.67. The molecule has 1 N–H and O–H groups in total. The van der Waals surface area contributed by atoms with Gasteiger partial charge in [-0.05, 0) is 42.6 Å². The summed E-state index contributed by atoms with van der Waals surface area (Å²) >= 11 is 0. The molecule has 5 heteroatoms. The number of halogens is 2. The van der Waals surface area contributed by atoms with E-state index in [9.17, 15) is 8.78 Å². The van der Waals surface area contributed by atoms with Crippen molar-refractivity contribution in [3.63, 3.8) is 0 Å². The van der Waals surface area contributed by atoms with Crippen molar-refractivity contribution in [1.82, 2.24) is 15.1 Å². The molecule has 2 aromatic rings. The van der Waals surface area contributed by atoms with Crippen LogP contribution in [-0.4, -0.2) is 16.3 Å². The average Bonchev–Trinajstić information content (AvgIpc) is 2.74. The highest BCUT2D eigenvalue weighted by Crippen LogP contribution is 2.19. The Morgan fingerprint density at radius 3 is 2.40 bits per heavy atom. The van der Waals surface area contributed by atoms with E-state index in [1.165, 1.54) is 16.8 Å². The summed E-state index contributed by atoms with van der Waals surface area (Å²) in [6.45, 7) is 7.24. The fourth-order valence-electron chi connectivity index (χ4n) is 1.98. The Balaban J connectivity index is 2.21. The summed E-state index contributed by atoms with van der Waals surface area (Å²) in [7, 11) is 0. The zero-order valence-corrected chi connectivity index (χ0v) is 12.0.